The van der Waals surface area contributed by atoms with E-state index in [0.717, 1.165) is 6.54 Å². The topological polar surface area (TPSA) is 29.3 Å². The molecule has 0 fully saturated rings. The second kappa shape index (κ2) is 7.24. The zero-order valence-electron chi connectivity index (χ0n) is 10.5. The zero-order chi connectivity index (χ0) is 11.0. The molecular formula is C12H28N2. The highest BCUT2D eigenvalue weighted by atomic mass is 15.2. The predicted octanol–water partition coefficient (Wildman–Crippen LogP) is 2.63. The van der Waals surface area contributed by atoms with Crippen LogP contribution in [0.3, 0.4) is 0 Å². The molecule has 0 aliphatic heterocycles. The lowest BCUT2D eigenvalue weighted by molar-refractivity contribution is 0.122. The van der Waals surface area contributed by atoms with Gasteiger partial charge < -0.3 is 5.73 Å². The van der Waals surface area contributed by atoms with Crippen molar-refractivity contribution in [2.75, 3.05) is 19.6 Å². The molecular weight excluding hydrogens is 172 g/mol. The second-order valence-electron chi connectivity index (χ2n) is 4.71. The molecule has 0 aromatic carbocycles. The molecule has 0 rings (SSSR count). The Hall–Kier alpha value is -0.0800. The summed E-state index contributed by atoms with van der Waals surface area (Å²) in [5.74, 6) is 0. The lowest BCUT2D eigenvalue weighted by Gasteiger charge is -2.38. The van der Waals surface area contributed by atoms with Gasteiger partial charge in [-0.05, 0) is 39.8 Å². The third-order valence-corrected chi connectivity index (χ3v) is 2.92. The molecule has 0 aliphatic rings. The Labute approximate surface area is 89.9 Å². The molecule has 14 heavy (non-hydrogen) atoms. The normalized spacial score (nSPS) is 12.4. The van der Waals surface area contributed by atoms with Crippen LogP contribution in [0.4, 0.5) is 0 Å². The molecule has 0 aromatic heterocycles. The number of nitrogens with zero attached hydrogens (tertiary/aromatic N) is 1. The molecule has 0 amide bonds. The third-order valence-electron chi connectivity index (χ3n) is 2.92. The SMILES string of the molecule is CCCCN(CCCC)C(C)(C)CN. The van der Waals surface area contributed by atoms with Crippen LogP contribution in [-0.4, -0.2) is 30.1 Å². The lowest BCUT2D eigenvalue weighted by atomic mass is 10.0. The van der Waals surface area contributed by atoms with Crippen molar-refractivity contribution in [2.45, 2.75) is 58.9 Å². The van der Waals surface area contributed by atoms with Crippen molar-refractivity contribution >= 4 is 0 Å². The van der Waals surface area contributed by atoms with Crippen molar-refractivity contribution in [3.05, 3.63) is 0 Å². The molecule has 0 unspecified atom stereocenters. The fraction of sp³-hybridized carbons (Fsp3) is 1.00. The van der Waals surface area contributed by atoms with Crippen LogP contribution in [0.25, 0.3) is 0 Å². The van der Waals surface area contributed by atoms with Crippen molar-refractivity contribution in [1.82, 2.24) is 4.90 Å². The van der Waals surface area contributed by atoms with Crippen LogP contribution in [0, 0.1) is 0 Å². The minimum Gasteiger partial charge on any atom is -0.329 e. The fourth-order valence-electron chi connectivity index (χ4n) is 1.54. The van der Waals surface area contributed by atoms with Crippen molar-refractivity contribution in [1.29, 1.82) is 0 Å². The van der Waals surface area contributed by atoms with E-state index >= 15 is 0 Å². The number of nitrogens with two attached hydrogens (primary N) is 1. The van der Waals surface area contributed by atoms with E-state index in [2.05, 4.69) is 32.6 Å². The number of hydrogen-bond donors (Lipinski definition) is 1. The highest BCUT2D eigenvalue weighted by Crippen LogP contribution is 2.14. The second-order valence-corrected chi connectivity index (χ2v) is 4.71. The maximum atomic E-state index is 5.81. The molecule has 0 spiro atoms. The summed E-state index contributed by atoms with van der Waals surface area (Å²) in [5.41, 5.74) is 5.98. The van der Waals surface area contributed by atoms with Gasteiger partial charge in [0.15, 0.2) is 0 Å². The van der Waals surface area contributed by atoms with Crippen molar-refractivity contribution in [2.24, 2.45) is 5.73 Å². The quantitative estimate of drug-likeness (QED) is 0.652. The van der Waals surface area contributed by atoms with Crippen LogP contribution in [0.1, 0.15) is 53.4 Å². The Morgan fingerprint density at radius 1 is 1.00 bits per heavy atom. The number of hydrogen-bond acceptors (Lipinski definition) is 2. The van der Waals surface area contributed by atoms with E-state index < -0.39 is 0 Å². The zero-order valence-corrected chi connectivity index (χ0v) is 10.5. The molecule has 2 N–H and O–H groups in total. The Kier molecular flexibility index (Phi) is 7.20. The minimum atomic E-state index is 0.171. The maximum Gasteiger partial charge on any atom is 0.0275 e. The summed E-state index contributed by atoms with van der Waals surface area (Å²) >= 11 is 0. The molecule has 0 saturated heterocycles. The summed E-state index contributed by atoms with van der Waals surface area (Å²) in [4.78, 5) is 2.54. The molecule has 2 nitrogen and oxygen atoms in total. The first kappa shape index (κ1) is 13.9. The Morgan fingerprint density at radius 3 is 1.71 bits per heavy atom. The summed E-state index contributed by atoms with van der Waals surface area (Å²) in [6.07, 6.45) is 5.10. The monoisotopic (exact) mass is 200 g/mol. The number of unbranched alkanes of at least 4 members (excludes halogenated alkanes) is 2. The Bertz CT molecular complexity index is 124. The first-order chi connectivity index (χ1) is 6.58. The standard InChI is InChI=1S/C12H28N2/c1-5-7-9-14(10-8-6-2)12(3,4)11-13/h5-11,13H2,1-4H3. The average Bonchev–Trinajstić information content (AvgIpc) is 2.17. The molecule has 2 heteroatoms. The van der Waals surface area contributed by atoms with Gasteiger partial charge in [0.25, 0.3) is 0 Å². The predicted molar refractivity (Wildman–Crippen MR) is 64.5 cm³/mol. The molecule has 0 radical (unpaired) electrons. The van der Waals surface area contributed by atoms with Gasteiger partial charge in [-0.3, -0.25) is 4.90 Å². The van der Waals surface area contributed by atoms with Gasteiger partial charge in [0.05, 0.1) is 0 Å². The van der Waals surface area contributed by atoms with Gasteiger partial charge in [0.2, 0.25) is 0 Å². The minimum absolute atomic E-state index is 0.171. The van der Waals surface area contributed by atoms with E-state index in [1.54, 1.807) is 0 Å². The average molecular weight is 200 g/mol. The summed E-state index contributed by atoms with van der Waals surface area (Å²) in [5, 5.41) is 0. The third kappa shape index (κ3) is 4.97. The highest BCUT2D eigenvalue weighted by molar-refractivity contribution is 4.82. The maximum absolute atomic E-state index is 5.81. The van der Waals surface area contributed by atoms with E-state index in [9.17, 15) is 0 Å². The van der Waals surface area contributed by atoms with Crippen LogP contribution in [0.2, 0.25) is 0 Å². The van der Waals surface area contributed by atoms with Crippen LogP contribution >= 0.6 is 0 Å². The number of rotatable bonds is 8. The summed E-state index contributed by atoms with van der Waals surface area (Å²) in [6, 6.07) is 0. The summed E-state index contributed by atoms with van der Waals surface area (Å²) in [6.45, 7) is 12.1. The smallest absolute Gasteiger partial charge is 0.0275 e. The van der Waals surface area contributed by atoms with Gasteiger partial charge in [-0.25, -0.2) is 0 Å². The molecule has 0 aliphatic carbocycles. The Morgan fingerprint density at radius 2 is 1.43 bits per heavy atom. The van der Waals surface area contributed by atoms with Gasteiger partial charge in [-0.2, -0.15) is 0 Å². The van der Waals surface area contributed by atoms with Gasteiger partial charge in [0.1, 0.15) is 0 Å². The molecule has 0 bridgehead atoms. The van der Waals surface area contributed by atoms with Crippen LogP contribution in [0.5, 0.6) is 0 Å². The van der Waals surface area contributed by atoms with Gasteiger partial charge in [-0.15, -0.1) is 0 Å². The first-order valence-electron chi connectivity index (χ1n) is 6.03. The van der Waals surface area contributed by atoms with Gasteiger partial charge in [-0.1, -0.05) is 26.7 Å². The fourth-order valence-corrected chi connectivity index (χ4v) is 1.54. The van der Waals surface area contributed by atoms with Crippen LogP contribution < -0.4 is 5.73 Å². The molecule has 86 valence electrons. The first-order valence-corrected chi connectivity index (χ1v) is 6.03. The van der Waals surface area contributed by atoms with E-state index in [-0.39, 0.29) is 5.54 Å². The molecule has 0 atom stereocenters. The lowest BCUT2D eigenvalue weighted by Crippen LogP contribution is -2.50. The largest absolute Gasteiger partial charge is 0.329 e. The van der Waals surface area contributed by atoms with E-state index in [4.69, 9.17) is 5.73 Å². The van der Waals surface area contributed by atoms with Gasteiger partial charge in [0, 0.05) is 12.1 Å². The van der Waals surface area contributed by atoms with Crippen LogP contribution in [-0.2, 0) is 0 Å². The molecule has 0 heterocycles. The molecule has 0 saturated carbocycles. The summed E-state index contributed by atoms with van der Waals surface area (Å²) < 4.78 is 0. The Balaban J connectivity index is 4.08. The van der Waals surface area contributed by atoms with E-state index in [0.29, 0.717) is 0 Å². The highest BCUT2D eigenvalue weighted by Gasteiger charge is 2.23. The van der Waals surface area contributed by atoms with Crippen LogP contribution in [0.15, 0.2) is 0 Å². The molecule has 0 aromatic rings. The van der Waals surface area contributed by atoms with Crippen molar-refractivity contribution in [3.63, 3.8) is 0 Å². The van der Waals surface area contributed by atoms with E-state index in [1.807, 2.05) is 0 Å². The van der Waals surface area contributed by atoms with Gasteiger partial charge >= 0.3 is 0 Å². The van der Waals surface area contributed by atoms with Crippen molar-refractivity contribution in [3.8, 4) is 0 Å². The van der Waals surface area contributed by atoms with Crippen molar-refractivity contribution < 1.29 is 0 Å². The van der Waals surface area contributed by atoms with E-state index in [1.165, 1.54) is 38.8 Å². The summed E-state index contributed by atoms with van der Waals surface area (Å²) in [7, 11) is 0.